The minimum absolute atomic E-state index is 1.08. The van der Waals surface area contributed by atoms with E-state index >= 15 is 0 Å². The summed E-state index contributed by atoms with van der Waals surface area (Å²) in [6, 6.07) is 4.06. The van der Waals surface area contributed by atoms with Gasteiger partial charge in [0.1, 0.15) is 0 Å². The molecule has 9 heavy (non-hydrogen) atoms. The van der Waals surface area contributed by atoms with Crippen molar-refractivity contribution in [3.63, 3.8) is 0 Å². The van der Waals surface area contributed by atoms with E-state index in [2.05, 4.69) is 11.6 Å². The lowest BCUT2D eigenvalue weighted by Gasteiger charge is -1.85. The summed E-state index contributed by atoms with van der Waals surface area (Å²) in [6.07, 6.45) is 3.85. The SMILES string of the molecule is C=Cc1ccc(SC)[nH]1. The molecule has 2 heteroatoms. The highest BCUT2D eigenvalue weighted by atomic mass is 32.2. The average Bonchev–Trinajstić information content (AvgIpc) is 2.34. The Morgan fingerprint density at radius 2 is 2.44 bits per heavy atom. The molecular formula is C7H9NS. The van der Waals surface area contributed by atoms with Crippen molar-refractivity contribution in [2.45, 2.75) is 5.03 Å². The van der Waals surface area contributed by atoms with Crippen LogP contribution in [0.25, 0.3) is 6.08 Å². The zero-order chi connectivity index (χ0) is 6.69. The van der Waals surface area contributed by atoms with Gasteiger partial charge in [0.2, 0.25) is 0 Å². The summed E-state index contributed by atoms with van der Waals surface area (Å²) in [5.74, 6) is 0. The molecule has 1 N–H and O–H groups in total. The second-order valence-electron chi connectivity index (χ2n) is 1.69. The van der Waals surface area contributed by atoms with Crippen LogP contribution in [0, 0.1) is 0 Å². The van der Waals surface area contributed by atoms with E-state index in [1.807, 2.05) is 18.4 Å². The van der Waals surface area contributed by atoms with Gasteiger partial charge in [0, 0.05) is 5.69 Å². The highest BCUT2D eigenvalue weighted by Crippen LogP contribution is 2.13. The van der Waals surface area contributed by atoms with Gasteiger partial charge in [-0.05, 0) is 24.5 Å². The Morgan fingerprint density at radius 1 is 1.67 bits per heavy atom. The molecule has 0 radical (unpaired) electrons. The first-order valence-electron chi connectivity index (χ1n) is 2.72. The Bertz CT molecular complexity index is 202. The van der Waals surface area contributed by atoms with Crippen molar-refractivity contribution in [1.29, 1.82) is 0 Å². The Balaban J connectivity index is 2.86. The third-order valence-electron chi connectivity index (χ3n) is 1.12. The second-order valence-corrected chi connectivity index (χ2v) is 2.53. The second kappa shape index (κ2) is 2.78. The number of aromatic amines is 1. The summed E-state index contributed by atoms with van der Waals surface area (Å²) < 4.78 is 0. The molecule has 0 bridgehead atoms. The van der Waals surface area contributed by atoms with Crippen molar-refractivity contribution in [3.05, 3.63) is 24.4 Å². The van der Waals surface area contributed by atoms with Crippen LogP contribution in [-0.2, 0) is 0 Å². The van der Waals surface area contributed by atoms with Gasteiger partial charge in [-0.2, -0.15) is 0 Å². The molecule has 1 heterocycles. The van der Waals surface area contributed by atoms with Crippen molar-refractivity contribution in [2.24, 2.45) is 0 Å². The summed E-state index contributed by atoms with van der Waals surface area (Å²) in [4.78, 5) is 3.16. The summed E-state index contributed by atoms with van der Waals surface area (Å²) >= 11 is 1.70. The molecule has 1 aromatic heterocycles. The third kappa shape index (κ3) is 1.39. The summed E-state index contributed by atoms with van der Waals surface area (Å²) in [7, 11) is 0. The molecule has 1 rings (SSSR count). The zero-order valence-corrected chi connectivity index (χ0v) is 6.16. The number of H-pyrrole nitrogens is 1. The first-order chi connectivity index (χ1) is 4.36. The standard InChI is InChI=1S/C7H9NS/c1-3-6-4-5-7(8-6)9-2/h3-5,8H,1H2,2H3. The fourth-order valence-corrected chi connectivity index (χ4v) is 1.05. The van der Waals surface area contributed by atoms with Crippen LogP contribution in [-0.4, -0.2) is 11.2 Å². The average molecular weight is 139 g/mol. The minimum atomic E-state index is 1.08. The zero-order valence-electron chi connectivity index (χ0n) is 5.35. The molecular weight excluding hydrogens is 130 g/mol. The quantitative estimate of drug-likeness (QED) is 0.622. The smallest absolute Gasteiger partial charge is 0.0723 e. The molecule has 0 amide bonds. The maximum absolute atomic E-state index is 3.64. The lowest BCUT2D eigenvalue weighted by molar-refractivity contribution is 1.19. The van der Waals surface area contributed by atoms with Crippen molar-refractivity contribution in [2.75, 3.05) is 6.26 Å². The van der Waals surface area contributed by atoms with Crippen LogP contribution in [0.4, 0.5) is 0 Å². The van der Waals surface area contributed by atoms with Crippen molar-refractivity contribution >= 4 is 17.8 Å². The number of hydrogen-bond donors (Lipinski definition) is 1. The molecule has 0 aromatic carbocycles. The number of rotatable bonds is 2. The predicted octanol–water partition coefficient (Wildman–Crippen LogP) is 2.38. The topological polar surface area (TPSA) is 15.8 Å². The summed E-state index contributed by atoms with van der Waals surface area (Å²) in [5, 5.41) is 1.19. The van der Waals surface area contributed by atoms with Gasteiger partial charge in [0.25, 0.3) is 0 Å². The molecule has 0 aliphatic heterocycles. The predicted molar refractivity (Wildman–Crippen MR) is 42.7 cm³/mol. The van der Waals surface area contributed by atoms with Crippen LogP contribution in [0.1, 0.15) is 5.69 Å². The fourth-order valence-electron chi connectivity index (χ4n) is 0.629. The maximum atomic E-state index is 3.64. The van der Waals surface area contributed by atoms with E-state index in [1.165, 1.54) is 5.03 Å². The third-order valence-corrected chi connectivity index (χ3v) is 1.80. The number of aromatic nitrogens is 1. The van der Waals surface area contributed by atoms with Gasteiger partial charge in [-0.25, -0.2) is 0 Å². The van der Waals surface area contributed by atoms with Crippen LogP contribution < -0.4 is 0 Å². The van der Waals surface area contributed by atoms with E-state index in [9.17, 15) is 0 Å². The molecule has 0 aliphatic carbocycles. The molecule has 0 aliphatic rings. The van der Waals surface area contributed by atoms with E-state index < -0.39 is 0 Å². The largest absolute Gasteiger partial charge is 0.350 e. The lowest BCUT2D eigenvalue weighted by atomic mass is 10.4. The van der Waals surface area contributed by atoms with Crippen molar-refractivity contribution < 1.29 is 0 Å². The Kier molecular flexibility index (Phi) is 2.01. The molecule has 1 aromatic rings. The molecule has 0 saturated carbocycles. The van der Waals surface area contributed by atoms with Crippen LogP contribution in [0.15, 0.2) is 23.7 Å². The summed E-state index contributed by atoms with van der Waals surface area (Å²) in [5.41, 5.74) is 1.08. The molecule has 0 atom stereocenters. The van der Waals surface area contributed by atoms with E-state index in [0.29, 0.717) is 0 Å². The molecule has 1 nitrogen and oxygen atoms in total. The van der Waals surface area contributed by atoms with E-state index in [4.69, 9.17) is 0 Å². The highest BCUT2D eigenvalue weighted by Gasteiger charge is 1.90. The van der Waals surface area contributed by atoms with Crippen LogP contribution >= 0.6 is 11.8 Å². The van der Waals surface area contributed by atoms with Crippen LogP contribution in [0.2, 0.25) is 0 Å². The highest BCUT2D eigenvalue weighted by molar-refractivity contribution is 7.98. The van der Waals surface area contributed by atoms with Gasteiger partial charge in [-0.3, -0.25) is 0 Å². The van der Waals surface area contributed by atoms with Gasteiger partial charge in [-0.15, -0.1) is 11.8 Å². The van der Waals surface area contributed by atoms with Crippen LogP contribution in [0.3, 0.4) is 0 Å². The van der Waals surface area contributed by atoms with E-state index in [0.717, 1.165) is 5.69 Å². The monoisotopic (exact) mass is 139 g/mol. The van der Waals surface area contributed by atoms with Crippen molar-refractivity contribution in [1.82, 2.24) is 4.98 Å². The molecule has 48 valence electrons. The normalized spacial score (nSPS) is 9.44. The van der Waals surface area contributed by atoms with Gasteiger partial charge >= 0.3 is 0 Å². The van der Waals surface area contributed by atoms with E-state index in [1.54, 1.807) is 17.8 Å². The number of nitrogens with one attached hydrogen (secondary N) is 1. The van der Waals surface area contributed by atoms with Gasteiger partial charge in [0.05, 0.1) is 5.03 Å². The minimum Gasteiger partial charge on any atom is -0.350 e. The van der Waals surface area contributed by atoms with Gasteiger partial charge in [-0.1, -0.05) is 6.58 Å². The lowest BCUT2D eigenvalue weighted by Crippen LogP contribution is -1.68. The van der Waals surface area contributed by atoms with E-state index in [-0.39, 0.29) is 0 Å². The molecule has 0 saturated heterocycles. The van der Waals surface area contributed by atoms with Crippen molar-refractivity contribution in [3.8, 4) is 0 Å². The van der Waals surface area contributed by atoms with Gasteiger partial charge in [0.15, 0.2) is 0 Å². The van der Waals surface area contributed by atoms with Crippen LogP contribution in [0.5, 0.6) is 0 Å². The Morgan fingerprint density at radius 3 is 2.78 bits per heavy atom. The maximum Gasteiger partial charge on any atom is 0.0723 e. The molecule has 0 unspecified atom stereocenters. The Hall–Kier alpha value is -0.630. The molecule has 0 spiro atoms. The number of thioether (sulfide) groups is 1. The number of hydrogen-bond acceptors (Lipinski definition) is 1. The Labute approximate surface area is 59.2 Å². The van der Waals surface area contributed by atoms with Gasteiger partial charge < -0.3 is 4.98 Å². The molecule has 0 fully saturated rings. The summed E-state index contributed by atoms with van der Waals surface area (Å²) in [6.45, 7) is 3.64. The fraction of sp³-hybridized carbons (Fsp3) is 0.143. The first kappa shape index (κ1) is 6.49. The first-order valence-corrected chi connectivity index (χ1v) is 3.94.